The largest absolute Gasteiger partial charge is 0.398 e. The molecule has 0 unspecified atom stereocenters. The van der Waals surface area contributed by atoms with Gasteiger partial charge in [-0.05, 0) is 6.07 Å². The lowest BCUT2D eigenvalue weighted by Crippen LogP contribution is -1.93. The highest BCUT2D eigenvalue weighted by Crippen LogP contribution is 2.26. The van der Waals surface area contributed by atoms with Gasteiger partial charge in [0.2, 0.25) is 0 Å². The van der Waals surface area contributed by atoms with Gasteiger partial charge in [-0.15, -0.1) is 0 Å². The Morgan fingerprint density at radius 2 is 2.14 bits per heavy atom. The Bertz CT molecular complexity index is 510. The fourth-order valence-corrected chi connectivity index (χ4v) is 1.33. The first-order valence-electron chi connectivity index (χ1n) is 3.98. The number of anilines is 1. The van der Waals surface area contributed by atoms with Crippen LogP contribution in [0.1, 0.15) is 0 Å². The third-order valence-electron chi connectivity index (χ3n) is 1.98. The lowest BCUT2D eigenvalue weighted by molar-refractivity contribution is -0.383. The number of benzene rings is 1. The molecule has 5 nitrogen and oxygen atoms in total. The van der Waals surface area contributed by atoms with Crippen molar-refractivity contribution in [2.24, 2.45) is 0 Å². The summed E-state index contributed by atoms with van der Waals surface area (Å²) in [5, 5.41) is 11.3. The van der Waals surface area contributed by atoms with Crippen LogP contribution in [0.25, 0.3) is 10.9 Å². The summed E-state index contributed by atoms with van der Waals surface area (Å²) in [4.78, 5) is 14.1. The number of non-ortho nitro benzene ring substituents is 1. The van der Waals surface area contributed by atoms with Gasteiger partial charge in [-0.1, -0.05) is 12.1 Å². The summed E-state index contributed by atoms with van der Waals surface area (Å²) in [5.74, 6) is 0. The molecule has 14 heavy (non-hydrogen) atoms. The first kappa shape index (κ1) is 8.43. The van der Waals surface area contributed by atoms with Gasteiger partial charge in [-0.3, -0.25) is 10.1 Å². The van der Waals surface area contributed by atoms with Crippen molar-refractivity contribution >= 4 is 22.3 Å². The number of nitrogens with zero attached hydrogens (tertiary/aromatic N) is 2. The lowest BCUT2D eigenvalue weighted by Gasteiger charge is -2.00. The third kappa shape index (κ3) is 1.15. The van der Waals surface area contributed by atoms with E-state index >= 15 is 0 Å². The maximum atomic E-state index is 10.7. The van der Waals surface area contributed by atoms with E-state index in [1.165, 1.54) is 12.3 Å². The molecule has 70 valence electrons. The summed E-state index contributed by atoms with van der Waals surface area (Å²) < 4.78 is 0. The molecule has 5 heteroatoms. The van der Waals surface area contributed by atoms with Gasteiger partial charge < -0.3 is 5.73 Å². The second kappa shape index (κ2) is 2.95. The summed E-state index contributed by atoms with van der Waals surface area (Å²) in [7, 11) is 0. The standard InChI is InChI=1S/C9H7N3O2/c10-7-4-5-11-9-6(7)2-1-3-8(9)12(13)14/h1-5H,(H2,10,11). The van der Waals surface area contributed by atoms with Crippen molar-refractivity contribution in [1.82, 2.24) is 4.98 Å². The molecule has 0 aliphatic carbocycles. The normalized spacial score (nSPS) is 10.3. The van der Waals surface area contributed by atoms with Crippen LogP contribution in [0.3, 0.4) is 0 Å². The predicted molar refractivity (Wildman–Crippen MR) is 52.8 cm³/mol. The van der Waals surface area contributed by atoms with Crippen molar-refractivity contribution in [3.63, 3.8) is 0 Å². The Hall–Kier alpha value is -2.17. The summed E-state index contributed by atoms with van der Waals surface area (Å²) in [5.41, 5.74) is 6.47. The SMILES string of the molecule is Nc1ccnc2c([N+](=O)[O-])cccc12. The second-order valence-electron chi connectivity index (χ2n) is 2.83. The zero-order chi connectivity index (χ0) is 10.1. The highest BCUT2D eigenvalue weighted by Gasteiger charge is 2.12. The number of nitro benzene ring substituents is 1. The topological polar surface area (TPSA) is 82.0 Å². The van der Waals surface area contributed by atoms with Crippen molar-refractivity contribution in [3.05, 3.63) is 40.6 Å². The van der Waals surface area contributed by atoms with E-state index in [9.17, 15) is 10.1 Å². The number of pyridine rings is 1. The Labute approximate surface area is 79.3 Å². The molecule has 1 aromatic heterocycles. The van der Waals surface area contributed by atoms with Crippen LogP contribution < -0.4 is 5.73 Å². The average Bonchev–Trinajstić information content (AvgIpc) is 2.17. The number of para-hydroxylation sites is 1. The number of hydrogen-bond donors (Lipinski definition) is 1. The number of aromatic nitrogens is 1. The van der Waals surface area contributed by atoms with Gasteiger partial charge in [0.05, 0.1) is 4.92 Å². The maximum Gasteiger partial charge on any atom is 0.295 e. The minimum absolute atomic E-state index is 0.0187. The van der Waals surface area contributed by atoms with Gasteiger partial charge in [0, 0.05) is 23.3 Å². The highest BCUT2D eigenvalue weighted by molar-refractivity contribution is 5.95. The molecule has 1 heterocycles. The molecule has 2 aromatic rings. The van der Waals surface area contributed by atoms with Crippen molar-refractivity contribution in [3.8, 4) is 0 Å². The van der Waals surface area contributed by atoms with E-state index in [2.05, 4.69) is 4.98 Å². The molecule has 0 aliphatic rings. The molecule has 0 fully saturated rings. The first-order valence-corrected chi connectivity index (χ1v) is 3.98. The molecule has 0 aliphatic heterocycles. The zero-order valence-electron chi connectivity index (χ0n) is 7.18. The maximum absolute atomic E-state index is 10.7. The number of nitrogen functional groups attached to an aromatic ring is 1. The third-order valence-corrected chi connectivity index (χ3v) is 1.98. The number of rotatable bonds is 1. The van der Waals surface area contributed by atoms with Crippen molar-refractivity contribution in [2.75, 3.05) is 5.73 Å². The van der Waals surface area contributed by atoms with Gasteiger partial charge in [-0.25, -0.2) is 4.98 Å². The first-order chi connectivity index (χ1) is 6.70. The Balaban J connectivity index is 2.88. The summed E-state index contributed by atoms with van der Waals surface area (Å²) >= 11 is 0. The van der Waals surface area contributed by atoms with Crippen LogP contribution in [0, 0.1) is 10.1 Å². The molecule has 1 aromatic carbocycles. The molecule has 2 rings (SSSR count). The minimum Gasteiger partial charge on any atom is -0.398 e. The summed E-state index contributed by atoms with van der Waals surface area (Å²) in [6.45, 7) is 0. The number of nitro groups is 1. The molecule has 0 bridgehead atoms. The highest BCUT2D eigenvalue weighted by atomic mass is 16.6. The van der Waals surface area contributed by atoms with Crippen LogP contribution in [0.2, 0.25) is 0 Å². The quantitative estimate of drug-likeness (QED) is 0.547. The molecule has 0 amide bonds. The Kier molecular flexibility index (Phi) is 1.78. The molecule has 0 radical (unpaired) electrons. The lowest BCUT2D eigenvalue weighted by atomic mass is 10.1. The monoisotopic (exact) mass is 189 g/mol. The van der Waals surface area contributed by atoms with Crippen LogP contribution in [0.4, 0.5) is 11.4 Å². The smallest absolute Gasteiger partial charge is 0.295 e. The molecular formula is C9H7N3O2. The number of nitrogens with two attached hydrogens (primary N) is 1. The molecule has 0 atom stereocenters. The Morgan fingerprint density at radius 1 is 1.36 bits per heavy atom. The van der Waals surface area contributed by atoms with Crippen LogP contribution in [-0.4, -0.2) is 9.91 Å². The molecule has 0 saturated carbocycles. The minimum atomic E-state index is -0.464. The van der Waals surface area contributed by atoms with Gasteiger partial charge in [0.1, 0.15) is 5.52 Å². The van der Waals surface area contributed by atoms with Gasteiger partial charge in [0.25, 0.3) is 5.69 Å². The van der Waals surface area contributed by atoms with Crippen LogP contribution >= 0.6 is 0 Å². The zero-order valence-corrected chi connectivity index (χ0v) is 7.18. The van der Waals surface area contributed by atoms with Crippen molar-refractivity contribution in [2.45, 2.75) is 0 Å². The predicted octanol–water partition coefficient (Wildman–Crippen LogP) is 1.73. The van der Waals surface area contributed by atoms with E-state index in [1.807, 2.05) is 0 Å². The fraction of sp³-hybridized carbons (Fsp3) is 0. The summed E-state index contributed by atoms with van der Waals surface area (Å²) in [6.07, 6.45) is 1.46. The van der Waals surface area contributed by atoms with Crippen molar-refractivity contribution < 1.29 is 4.92 Å². The van der Waals surface area contributed by atoms with Crippen LogP contribution in [-0.2, 0) is 0 Å². The van der Waals surface area contributed by atoms with Crippen molar-refractivity contribution in [1.29, 1.82) is 0 Å². The van der Waals surface area contributed by atoms with Gasteiger partial charge >= 0.3 is 0 Å². The van der Waals surface area contributed by atoms with Crippen LogP contribution in [0.15, 0.2) is 30.5 Å². The number of fused-ring (bicyclic) bond motifs is 1. The van der Waals surface area contributed by atoms with E-state index in [0.29, 0.717) is 16.6 Å². The van der Waals surface area contributed by atoms with E-state index in [0.717, 1.165) is 0 Å². The average molecular weight is 189 g/mol. The second-order valence-corrected chi connectivity index (χ2v) is 2.83. The van der Waals surface area contributed by atoms with Gasteiger partial charge in [-0.2, -0.15) is 0 Å². The molecular weight excluding hydrogens is 182 g/mol. The van der Waals surface area contributed by atoms with E-state index < -0.39 is 4.92 Å². The summed E-state index contributed by atoms with van der Waals surface area (Å²) in [6, 6.07) is 6.34. The molecule has 2 N–H and O–H groups in total. The fourth-order valence-electron chi connectivity index (χ4n) is 1.33. The van der Waals surface area contributed by atoms with E-state index in [-0.39, 0.29) is 5.69 Å². The van der Waals surface area contributed by atoms with Gasteiger partial charge in [0.15, 0.2) is 0 Å². The number of hydrogen-bond acceptors (Lipinski definition) is 4. The Morgan fingerprint density at radius 3 is 2.86 bits per heavy atom. The molecule has 0 saturated heterocycles. The van der Waals surface area contributed by atoms with Crippen LogP contribution in [0.5, 0.6) is 0 Å². The van der Waals surface area contributed by atoms with E-state index in [4.69, 9.17) is 5.73 Å². The van der Waals surface area contributed by atoms with E-state index in [1.54, 1.807) is 18.2 Å². The molecule has 0 spiro atoms.